The number of hydrogen-bond acceptors (Lipinski definition) is 4. The molecule has 0 saturated heterocycles. The van der Waals surface area contributed by atoms with Gasteiger partial charge in [0, 0.05) is 17.8 Å². The first-order valence-corrected chi connectivity index (χ1v) is 7.36. The fourth-order valence-corrected chi connectivity index (χ4v) is 3.27. The van der Waals surface area contributed by atoms with Gasteiger partial charge < -0.3 is 11.1 Å². The molecule has 6 heteroatoms. The first-order valence-electron chi connectivity index (χ1n) is 6.48. The molecule has 1 heterocycles. The Morgan fingerprint density at radius 1 is 1.63 bits per heavy atom. The molecule has 0 bridgehead atoms. The van der Waals surface area contributed by atoms with E-state index < -0.39 is 0 Å². The fraction of sp³-hybridized carbons (Fsp3) is 0.692. The van der Waals surface area contributed by atoms with Crippen molar-refractivity contribution in [2.75, 3.05) is 6.54 Å². The summed E-state index contributed by atoms with van der Waals surface area (Å²) in [5, 5.41) is 5.87. The molecule has 1 aliphatic carbocycles. The number of carbonyl (C=O) groups excluding carboxylic acids is 1. The van der Waals surface area contributed by atoms with Gasteiger partial charge in [-0.25, -0.2) is 4.98 Å². The number of thiazole rings is 1. The minimum Gasteiger partial charge on any atom is -0.347 e. The number of nitrogens with zero attached hydrogens (tertiary/aromatic N) is 1. The zero-order valence-electron chi connectivity index (χ0n) is 11.4. The molecule has 19 heavy (non-hydrogen) atoms. The van der Waals surface area contributed by atoms with Crippen LogP contribution in [0.3, 0.4) is 0 Å². The first-order chi connectivity index (χ1) is 8.53. The molecule has 108 valence electrons. The lowest BCUT2D eigenvalue weighted by Crippen LogP contribution is -2.41. The molecule has 1 atom stereocenters. The van der Waals surface area contributed by atoms with E-state index in [1.54, 1.807) is 0 Å². The quantitative estimate of drug-likeness (QED) is 0.897. The summed E-state index contributed by atoms with van der Waals surface area (Å²) < 4.78 is 0. The van der Waals surface area contributed by atoms with Crippen LogP contribution in [0.25, 0.3) is 0 Å². The molecular formula is C13H22ClN3OS. The van der Waals surface area contributed by atoms with E-state index in [9.17, 15) is 4.79 Å². The molecule has 1 fully saturated rings. The van der Waals surface area contributed by atoms with Gasteiger partial charge in [-0.05, 0) is 24.8 Å². The maximum absolute atomic E-state index is 12.1. The maximum atomic E-state index is 12.1. The molecule has 1 unspecified atom stereocenters. The average Bonchev–Trinajstić information content (AvgIpc) is 2.87. The van der Waals surface area contributed by atoms with Crippen molar-refractivity contribution >= 4 is 29.7 Å². The van der Waals surface area contributed by atoms with Crippen molar-refractivity contribution in [3.05, 3.63) is 16.1 Å². The van der Waals surface area contributed by atoms with E-state index in [0.717, 1.165) is 17.8 Å². The minimum atomic E-state index is -0.0468. The summed E-state index contributed by atoms with van der Waals surface area (Å²) in [6, 6.07) is 0.268. The van der Waals surface area contributed by atoms with Crippen molar-refractivity contribution in [1.82, 2.24) is 10.3 Å². The van der Waals surface area contributed by atoms with Crippen LogP contribution in [0.1, 0.15) is 48.6 Å². The molecule has 0 aliphatic heterocycles. The van der Waals surface area contributed by atoms with Crippen molar-refractivity contribution in [2.24, 2.45) is 11.1 Å². The van der Waals surface area contributed by atoms with Gasteiger partial charge in [-0.1, -0.05) is 20.3 Å². The first kappa shape index (κ1) is 16.4. The monoisotopic (exact) mass is 303 g/mol. The number of nitrogens with two attached hydrogens (primary N) is 1. The zero-order chi connectivity index (χ0) is 13.2. The summed E-state index contributed by atoms with van der Waals surface area (Å²) in [6.45, 7) is 5.00. The number of carbonyl (C=O) groups is 1. The van der Waals surface area contributed by atoms with E-state index >= 15 is 0 Å². The summed E-state index contributed by atoms with van der Waals surface area (Å²) in [5.74, 6) is -0.0468. The Morgan fingerprint density at radius 3 is 2.95 bits per heavy atom. The number of rotatable bonds is 4. The predicted octanol–water partition coefficient (Wildman–Crippen LogP) is 2.37. The Hall–Kier alpha value is -0.650. The third-order valence-electron chi connectivity index (χ3n) is 3.71. The lowest BCUT2D eigenvalue weighted by Gasteiger charge is -2.27. The zero-order valence-corrected chi connectivity index (χ0v) is 13.1. The molecular weight excluding hydrogens is 282 g/mol. The van der Waals surface area contributed by atoms with Gasteiger partial charge in [0.05, 0.1) is 5.01 Å². The fourth-order valence-electron chi connectivity index (χ4n) is 2.48. The highest BCUT2D eigenvalue weighted by atomic mass is 35.5. The molecule has 1 saturated carbocycles. The second-order valence-electron chi connectivity index (χ2n) is 5.57. The SMILES string of the molecule is CC1(C)CCCC1NC(=O)c1csc(CCN)n1.Cl. The average molecular weight is 304 g/mol. The van der Waals surface area contributed by atoms with Crippen LogP contribution in [0.4, 0.5) is 0 Å². The van der Waals surface area contributed by atoms with Gasteiger partial charge >= 0.3 is 0 Å². The van der Waals surface area contributed by atoms with Gasteiger partial charge in [0.15, 0.2) is 0 Å². The van der Waals surface area contributed by atoms with Crippen LogP contribution in [0, 0.1) is 5.41 Å². The molecule has 3 N–H and O–H groups in total. The third-order valence-corrected chi connectivity index (χ3v) is 4.61. The van der Waals surface area contributed by atoms with Gasteiger partial charge in [0.1, 0.15) is 5.69 Å². The van der Waals surface area contributed by atoms with Crippen molar-refractivity contribution in [3.63, 3.8) is 0 Å². The number of aromatic nitrogens is 1. The van der Waals surface area contributed by atoms with Crippen LogP contribution in [0.5, 0.6) is 0 Å². The molecule has 1 aromatic rings. The van der Waals surface area contributed by atoms with Crippen LogP contribution in [-0.4, -0.2) is 23.5 Å². The second kappa shape index (κ2) is 6.68. The van der Waals surface area contributed by atoms with Crippen LogP contribution in [0.15, 0.2) is 5.38 Å². The summed E-state index contributed by atoms with van der Waals surface area (Å²) in [7, 11) is 0. The maximum Gasteiger partial charge on any atom is 0.270 e. The highest BCUT2D eigenvalue weighted by Crippen LogP contribution is 2.37. The number of hydrogen-bond donors (Lipinski definition) is 2. The summed E-state index contributed by atoms with van der Waals surface area (Å²) in [4.78, 5) is 16.4. The van der Waals surface area contributed by atoms with E-state index in [4.69, 9.17) is 5.73 Å². The van der Waals surface area contributed by atoms with E-state index in [0.29, 0.717) is 12.2 Å². The molecule has 0 radical (unpaired) electrons. The molecule has 2 rings (SSSR count). The van der Waals surface area contributed by atoms with Crippen molar-refractivity contribution < 1.29 is 4.79 Å². The van der Waals surface area contributed by atoms with Gasteiger partial charge in [-0.2, -0.15) is 0 Å². The predicted molar refractivity (Wildman–Crippen MR) is 81.0 cm³/mol. The minimum absolute atomic E-state index is 0. The molecule has 0 spiro atoms. The van der Waals surface area contributed by atoms with Crippen LogP contribution < -0.4 is 11.1 Å². The Balaban J connectivity index is 0.00000180. The molecule has 1 aliphatic rings. The van der Waals surface area contributed by atoms with Crippen molar-refractivity contribution in [1.29, 1.82) is 0 Å². The summed E-state index contributed by atoms with van der Waals surface area (Å²) >= 11 is 1.51. The standard InChI is InChI=1S/C13H21N3OS.ClH/c1-13(2)6-3-4-10(13)16-12(17)9-8-18-11(15-9)5-7-14;/h8,10H,3-7,14H2,1-2H3,(H,16,17);1H. The molecule has 0 aromatic carbocycles. The third kappa shape index (κ3) is 3.91. The van der Waals surface area contributed by atoms with E-state index in [-0.39, 0.29) is 29.8 Å². The molecule has 1 aromatic heterocycles. The number of amides is 1. The largest absolute Gasteiger partial charge is 0.347 e. The van der Waals surface area contributed by atoms with Crippen LogP contribution >= 0.6 is 23.7 Å². The normalized spacial score (nSPS) is 20.9. The van der Waals surface area contributed by atoms with Crippen molar-refractivity contribution in [3.8, 4) is 0 Å². The lowest BCUT2D eigenvalue weighted by molar-refractivity contribution is 0.0905. The van der Waals surface area contributed by atoms with E-state index in [1.807, 2.05) is 5.38 Å². The van der Waals surface area contributed by atoms with Gasteiger partial charge in [-0.3, -0.25) is 4.79 Å². The molecule has 1 amide bonds. The number of nitrogens with one attached hydrogen (secondary N) is 1. The van der Waals surface area contributed by atoms with Crippen LogP contribution in [-0.2, 0) is 6.42 Å². The second-order valence-corrected chi connectivity index (χ2v) is 6.51. The highest BCUT2D eigenvalue weighted by Gasteiger charge is 2.35. The van der Waals surface area contributed by atoms with Crippen molar-refractivity contribution in [2.45, 2.75) is 45.6 Å². The lowest BCUT2D eigenvalue weighted by atomic mass is 9.87. The smallest absolute Gasteiger partial charge is 0.270 e. The summed E-state index contributed by atoms with van der Waals surface area (Å²) in [6.07, 6.45) is 4.17. The van der Waals surface area contributed by atoms with Gasteiger partial charge in [-0.15, -0.1) is 23.7 Å². The molecule has 4 nitrogen and oxygen atoms in total. The topological polar surface area (TPSA) is 68.0 Å². The van der Waals surface area contributed by atoms with Crippen LogP contribution in [0.2, 0.25) is 0 Å². The van der Waals surface area contributed by atoms with Gasteiger partial charge in [0.2, 0.25) is 0 Å². The summed E-state index contributed by atoms with van der Waals surface area (Å²) in [5.41, 5.74) is 6.21. The van der Waals surface area contributed by atoms with Gasteiger partial charge in [0.25, 0.3) is 5.91 Å². The number of halogens is 1. The Labute approximate surface area is 124 Å². The Morgan fingerprint density at radius 2 is 2.37 bits per heavy atom. The van der Waals surface area contributed by atoms with E-state index in [2.05, 4.69) is 24.1 Å². The Bertz CT molecular complexity index is 433. The Kier molecular flexibility index (Phi) is 5.77. The van der Waals surface area contributed by atoms with E-state index in [1.165, 1.54) is 24.2 Å². The highest BCUT2D eigenvalue weighted by molar-refractivity contribution is 7.09.